The Bertz CT molecular complexity index is 396. The van der Waals surface area contributed by atoms with Gasteiger partial charge in [0.15, 0.2) is 0 Å². The van der Waals surface area contributed by atoms with E-state index in [1.165, 1.54) is 19.3 Å². The average Bonchev–Trinajstić information content (AvgIpc) is 2.50. The second kappa shape index (κ2) is 7.19. The van der Waals surface area contributed by atoms with E-state index in [-0.39, 0.29) is 17.9 Å². The molecule has 20 heavy (non-hydrogen) atoms. The van der Waals surface area contributed by atoms with Crippen LogP contribution in [0.15, 0.2) is 24.3 Å². The molecule has 1 aromatic carbocycles. The zero-order chi connectivity index (χ0) is 14.5. The fourth-order valence-corrected chi connectivity index (χ4v) is 3.25. The summed E-state index contributed by atoms with van der Waals surface area (Å²) in [7, 11) is 0. The maximum atomic E-state index is 13.1. The predicted molar refractivity (Wildman–Crippen MR) is 82.0 cm³/mol. The van der Waals surface area contributed by atoms with Gasteiger partial charge in [-0.3, -0.25) is 4.90 Å². The second-order valence-electron chi connectivity index (χ2n) is 5.96. The molecule has 1 heterocycles. The molecule has 0 aromatic heterocycles. The molecule has 0 saturated carbocycles. The second-order valence-corrected chi connectivity index (χ2v) is 5.96. The maximum absolute atomic E-state index is 13.1. The first-order valence-electron chi connectivity index (χ1n) is 7.90. The van der Waals surface area contributed by atoms with Gasteiger partial charge in [0.05, 0.1) is 0 Å². The summed E-state index contributed by atoms with van der Waals surface area (Å²) in [4.78, 5) is 2.49. The van der Waals surface area contributed by atoms with Crippen LogP contribution in [0.4, 0.5) is 4.39 Å². The third-order valence-electron chi connectivity index (χ3n) is 4.71. The lowest BCUT2D eigenvalue weighted by molar-refractivity contribution is 0.113. The van der Waals surface area contributed by atoms with Gasteiger partial charge in [-0.2, -0.15) is 0 Å². The van der Waals surface area contributed by atoms with Gasteiger partial charge in [0.1, 0.15) is 5.82 Å². The molecule has 1 aromatic rings. The van der Waals surface area contributed by atoms with E-state index in [1.807, 2.05) is 12.1 Å². The number of rotatable bonds is 5. The lowest BCUT2D eigenvalue weighted by atomic mass is 9.90. The zero-order valence-corrected chi connectivity index (χ0v) is 12.7. The molecule has 2 N–H and O–H groups in total. The van der Waals surface area contributed by atoms with Crippen molar-refractivity contribution in [1.82, 2.24) is 4.90 Å². The summed E-state index contributed by atoms with van der Waals surface area (Å²) in [5.41, 5.74) is 7.50. The Morgan fingerprint density at radius 1 is 1.20 bits per heavy atom. The first kappa shape index (κ1) is 15.5. The smallest absolute Gasteiger partial charge is 0.123 e. The molecule has 2 nitrogen and oxygen atoms in total. The van der Waals surface area contributed by atoms with Crippen LogP contribution >= 0.6 is 0 Å². The lowest BCUT2D eigenvalue weighted by Crippen LogP contribution is -2.44. The minimum Gasteiger partial charge on any atom is -0.326 e. The molecular weight excluding hydrogens is 251 g/mol. The van der Waals surface area contributed by atoms with Gasteiger partial charge in [-0.25, -0.2) is 4.39 Å². The van der Waals surface area contributed by atoms with Gasteiger partial charge in [-0.05, 0) is 56.0 Å². The summed E-state index contributed by atoms with van der Waals surface area (Å²) in [6.07, 6.45) is 4.72. The van der Waals surface area contributed by atoms with Crippen molar-refractivity contribution in [1.29, 1.82) is 0 Å². The molecule has 1 saturated heterocycles. The highest BCUT2D eigenvalue weighted by Crippen LogP contribution is 2.30. The van der Waals surface area contributed by atoms with Gasteiger partial charge in [0.25, 0.3) is 0 Å². The standard InChI is InChI=1S/C17H27FN2/c1-3-13-9-11-20(12-10-13)17(16(19)4-2)14-5-7-15(18)8-6-14/h5-8,13,16-17H,3-4,9-12,19H2,1-2H3. The van der Waals surface area contributed by atoms with E-state index in [0.29, 0.717) is 0 Å². The molecule has 2 atom stereocenters. The van der Waals surface area contributed by atoms with Gasteiger partial charge in [-0.1, -0.05) is 32.4 Å². The number of likely N-dealkylation sites (tertiary alicyclic amines) is 1. The lowest BCUT2D eigenvalue weighted by Gasteiger charge is -2.40. The van der Waals surface area contributed by atoms with Crippen molar-refractivity contribution in [2.24, 2.45) is 11.7 Å². The van der Waals surface area contributed by atoms with Crippen LogP contribution in [0.1, 0.15) is 51.1 Å². The molecule has 0 aliphatic carbocycles. The molecule has 0 radical (unpaired) electrons. The Balaban J connectivity index is 2.14. The van der Waals surface area contributed by atoms with Crippen LogP contribution in [0.25, 0.3) is 0 Å². The van der Waals surface area contributed by atoms with Crippen LogP contribution < -0.4 is 5.73 Å². The Morgan fingerprint density at radius 2 is 1.80 bits per heavy atom. The van der Waals surface area contributed by atoms with Gasteiger partial charge >= 0.3 is 0 Å². The van der Waals surface area contributed by atoms with E-state index >= 15 is 0 Å². The van der Waals surface area contributed by atoms with Gasteiger partial charge in [0.2, 0.25) is 0 Å². The number of nitrogens with zero attached hydrogens (tertiary/aromatic N) is 1. The molecule has 0 spiro atoms. The molecule has 3 heteroatoms. The molecule has 2 rings (SSSR count). The molecule has 2 unspecified atom stereocenters. The summed E-state index contributed by atoms with van der Waals surface area (Å²) < 4.78 is 13.1. The summed E-state index contributed by atoms with van der Waals surface area (Å²) in [5, 5.41) is 0. The topological polar surface area (TPSA) is 29.3 Å². The minimum atomic E-state index is -0.178. The van der Waals surface area contributed by atoms with Crippen LogP contribution in [-0.4, -0.2) is 24.0 Å². The van der Waals surface area contributed by atoms with Crippen molar-refractivity contribution < 1.29 is 4.39 Å². The van der Waals surface area contributed by atoms with Crippen LogP contribution in [0.3, 0.4) is 0 Å². The third kappa shape index (κ3) is 3.58. The normalized spacial score (nSPS) is 20.8. The fraction of sp³-hybridized carbons (Fsp3) is 0.647. The van der Waals surface area contributed by atoms with E-state index in [2.05, 4.69) is 18.7 Å². The van der Waals surface area contributed by atoms with E-state index < -0.39 is 0 Å². The van der Waals surface area contributed by atoms with Crippen molar-refractivity contribution in [2.75, 3.05) is 13.1 Å². The van der Waals surface area contributed by atoms with Crippen molar-refractivity contribution in [2.45, 2.75) is 51.6 Å². The van der Waals surface area contributed by atoms with Crippen LogP contribution in [-0.2, 0) is 0 Å². The van der Waals surface area contributed by atoms with Gasteiger partial charge in [-0.15, -0.1) is 0 Å². The van der Waals surface area contributed by atoms with Crippen molar-refractivity contribution in [3.8, 4) is 0 Å². The van der Waals surface area contributed by atoms with Crippen molar-refractivity contribution in [3.63, 3.8) is 0 Å². The molecule has 1 aliphatic rings. The van der Waals surface area contributed by atoms with E-state index in [1.54, 1.807) is 12.1 Å². The number of benzene rings is 1. The first-order valence-corrected chi connectivity index (χ1v) is 7.90. The average molecular weight is 278 g/mol. The molecule has 0 amide bonds. The summed E-state index contributed by atoms with van der Waals surface area (Å²) in [5.74, 6) is 0.681. The monoisotopic (exact) mass is 278 g/mol. The van der Waals surface area contributed by atoms with Crippen LogP contribution in [0.5, 0.6) is 0 Å². The molecular formula is C17H27FN2. The quantitative estimate of drug-likeness (QED) is 0.889. The molecule has 112 valence electrons. The van der Waals surface area contributed by atoms with Crippen LogP contribution in [0.2, 0.25) is 0 Å². The van der Waals surface area contributed by atoms with Gasteiger partial charge in [0, 0.05) is 12.1 Å². The Hall–Kier alpha value is -0.930. The SMILES string of the molecule is CCC1CCN(C(c2ccc(F)cc2)C(N)CC)CC1. The number of halogens is 1. The highest BCUT2D eigenvalue weighted by molar-refractivity contribution is 5.22. The van der Waals surface area contributed by atoms with Gasteiger partial charge < -0.3 is 5.73 Å². The number of hydrogen-bond donors (Lipinski definition) is 1. The largest absolute Gasteiger partial charge is 0.326 e. The number of piperidine rings is 1. The maximum Gasteiger partial charge on any atom is 0.123 e. The van der Waals surface area contributed by atoms with E-state index in [0.717, 1.165) is 31.0 Å². The molecule has 1 fully saturated rings. The molecule has 0 bridgehead atoms. The van der Waals surface area contributed by atoms with E-state index in [4.69, 9.17) is 5.73 Å². The Kier molecular flexibility index (Phi) is 5.55. The first-order chi connectivity index (χ1) is 9.65. The van der Waals surface area contributed by atoms with E-state index in [9.17, 15) is 4.39 Å². The Labute approximate surface area is 122 Å². The van der Waals surface area contributed by atoms with Crippen molar-refractivity contribution in [3.05, 3.63) is 35.6 Å². The predicted octanol–water partition coefficient (Wildman–Crippen LogP) is 3.73. The third-order valence-corrected chi connectivity index (χ3v) is 4.71. The number of nitrogens with two attached hydrogens (primary N) is 1. The summed E-state index contributed by atoms with van der Waals surface area (Å²) >= 11 is 0. The summed E-state index contributed by atoms with van der Waals surface area (Å²) in [6, 6.07) is 7.20. The molecule has 1 aliphatic heterocycles. The minimum absolute atomic E-state index is 0.110. The fourth-order valence-electron chi connectivity index (χ4n) is 3.25. The Morgan fingerprint density at radius 3 is 2.30 bits per heavy atom. The zero-order valence-electron chi connectivity index (χ0n) is 12.7. The highest BCUT2D eigenvalue weighted by Gasteiger charge is 2.29. The number of hydrogen-bond acceptors (Lipinski definition) is 2. The summed E-state index contributed by atoms with van der Waals surface area (Å²) in [6.45, 7) is 6.61. The van der Waals surface area contributed by atoms with Crippen LogP contribution in [0, 0.1) is 11.7 Å². The van der Waals surface area contributed by atoms with Crippen molar-refractivity contribution >= 4 is 0 Å². The highest BCUT2D eigenvalue weighted by atomic mass is 19.1.